The van der Waals surface area contributed by atoms with Crippen molar-refractivity contribution in [2.45, 2.75) is 44.7 Å². The lowest BCUT2D eigenvalue weighted by Gasteiger charge is -2.17. The maximum Gasteiger partial charge on any atom is 0.150 e. The molecule has 6 heteroatoms. The summed E-state index contributed by atoms with van der Waals surface area (Å²) in [6, 6.07) is 0.467. The van der Waals surface area contributed by atoms with Crippen LogP contribution < -0.4 is 5.32 Å². The van der Waals surface area contributed by atoms with Gasteiger partial charge in [0.25, 0.3) is 0 Å². The van der Waals surface area contributed by atoms with Crippen LogP contribution >= 0.6 is 24.8 Å². The monoisotopic (exact) mass is 264 g/mol. The highest BCUT2D eigenvalue weighted by atomic mass is 35.5. The molecule has 4 nitrogen and oxygen atoms in total. The first-order valence-corrected chi connectivity index (χ1v) is 5.60. The van der Waals surface area contributed by atoms with Gasteiger partial charge in [0.05, 0.1) is 6.04 Å². The van der Waals surface area contributed by atoms with Crippen LogP contribution in [0.4, 0.5) is 0 Å². The summed E-state index contributed by atoms with van der Waals surface area (Å²) in [4.78, 5) is 0. The largest absolute Gasteiger partial charge is 0.314 e. The van der Waals surface area contributed by atoms with Crippen molar-refractivity contribution >= 4 is 24.8 Å². The molecule has 0 spiro atoms. The Hall–Kier alpha value is -0.320. The molecule has 3 heterocycles. The Balaban J connectivity index is 0.000000640. The minimum Gasteiger partial charge on any atom is -0.314 e. The van der Waals surface area contributed by atoms with E-state index in [0.717, 1.165) is 19.5 Å². The number of nitrogens with one attached hydrogen (secondary N) is 1. The van der Waals surface area contributed by atoms with Crippen molar-refractivity contribution in [1.82, 2.24) is 20.1 Å². The summed E-state index contributed by atoms with van der Waals surface area (Å²) in [5.41, 5.74) is 0. The standard InChI is InChI=1S/C10H16N4.2ClH/c1-2-7-14-9(5-1)12-13-10(14)8-4-3-6-11-8;;/h8,11H,1-7H2;2*1H/t8-;;/m1../s1. The number of fused-ring (bicyclic) bond motifs is 1. The first-order chi connectivity index (χ1) is 6.95. The van der Waals surface area contributed by atoms with E-state index in [4.69, 9.17) is 0 Å². The fourth-order valence-corrected chi connectivity index (χ4v) is 2.49. The third-order valence-corrected chi connectivity index (χ3v) is 3.26. The van der Waals surface area contributed by atoms with E-state index in [1.54, 1.807) is 0 Å². The van der Waals surface area contributed by atoms with E-state index in [2.05, 4.69) is 20.1 Å². The molecule has 0 saturated carbocycles. The second-order valence-electron chi connectivity index (χ2n) is 4.23. The molecule has 0 bridgehead atoms. The third kappa shape index (κ3) is 2.34. The van der Waals surface area contributed by atoms with Crippen LogP contribution in [0.2, 0.25) is 0 Å². The molecule has 1 saturated heterocycles. The Labute approximate surface area is 108 Å². The van der Waals surface area contributed by atoms with Crippen LogP contribution in [0.25, 0.3) is 0 Å². The van der Waals surface area contributed by atoms with Gasteiger partial charge < -0.3 is 9.88 Å². The van der Waals surface area contributed by atoms with Crippen molar-refractivity contribution in [1.29, 1.82) is 0 Å². The highest BCUT2D eigenvalue weighted by molar-refractivity contribution is 5.85. The molecular weight excluding hydrogens is 247 g/mol. The van der Waals surface area contributed by atoms with Gasteiger partial charge in [-0.2, -0.15) is 0 Å². The zero-order valence-electron chi connectivity index (χ0n) is 9.19. The molecule has 0 unspecified atom stereocenters. The van der Waals surface area contributed by atoms with E-state index in [-0.39, 0.29) is 24.8 Å². The lowest BCUT2D eigenvalue weighted by Crippen LogP contribution is -2.20. The Bertz CT molecular complexity index is 334. The molecule has 1 fully saturated rings. The van der Waals surface area contributed by atoms with Crippen LogP contribution in [0.3, 0.4) is 0 Å². The van der Waals surface area contributed by atoms with Crippen molar-refractivity contribution in [3.05, 3.63) is 11.6 Å². The van der Waals surface area contributed by atoms with Gasteiger partial charge in [-0.25, -0.2) is 0 Å². The van der Waals surface area contributed by atoms with Gasteiger partial charge in [-0.15, -0.1) is 35.0 Å². The predicted molar refractivity (Wildman–Crippen MR) is 67.4 cm³/mol. The fraction of sp³-hybridized carbons (Fsp3) is 0.800. The minimum absolute atomic E-state index is 0. The Morgan fingerprint density at radius 3 is 2.75 bits per heavy atom. The fourth-order valence-electron chi connectivity index (χ4n) is 2.49. The van der Waals surface area contributed by atoms with E-state index in [1.807, 2.05) is 0 Å². The molecule has 1 N–H and O–H groups in total. The Morgan fingerprint density at radius 2 is 2.00 bits per heavy atom. The summed E-state index contributed by atoms with van der Waals surface area (Å²) in [6.45, 7) is 2.25. The molecule has 0 aliphatic carbocycles. The summed E-state index contributed by atoms with van der Waals surface area (Å²) < 4.78 is 2.33. The molecular formula is C10H18Cl2N4. The highest BCUT2D eigenvalue weighted by Crippen LogP contribution is 2.24. The maximum absolute atomic E-state index is 4.33. The van der Waals surface area contributed by atoms with Gasteiger partial charge in [0.15, 0.2) is 0 Å². The summed E-state index contributed by atoms with van der Waals surface area (Å²) in [6.07, 6.45) is 6.16. The molecule has 1 atom stereocenters. The number of halogens is 2. The van der Waals surface area contributed by atoms with Crippen molar-refractivity contribution in [3.8, 4) is 0 Å². The van der Waals surface area contributed by atoms with Gasteiger partial charge in [0.1, 0.15) is 11.6 Å². The number of nitrogens with zero attached hydrogens (tertiary/aromatic N) is 3. The molecule has 1 aromatic heterocycles. The van der Waals surface area contributed by atoms with Gasteiger partial charge in [-0.05, 0) is 32.2 Å². The van der Waals surface area contributed by atoms with Gasteiger partial charge in [0.2, 0.25) is 0 Å². The number of hydrogen-bond donors (Lipinski definition) is 1. The molecule has 2 aliphatic heterocycles. The normalized spacial score (nSPS) is 23.1. The van der Waals surface area contributed by atoms with E-state index >= 15 is 0 Å². The van der Waals surface area contributed by atoms with Crippen LogP contribution in [0.5, 0.6) is 0 Å². The molecule has 1 aromatic rings. The molecule has 0 amide bonds. The topological polar surface area (TPSA) is 42.7 Å². The molecule has 92 valence electrons. The van der Waals surface area contributed by atoms with Crippen molar-refractivity contribution < 1.29 is 0 Å². The molecule has 0 aromatic carbocycles. The van der Waals surface area contributed by atoms with Crippen molar-refractivity contribution in [2.24, 2.45) is 0 Å². The SMILES string of the molecule is C1CCn2c(nnc2[C@H]2CCCN2)C1.Cl.Cl. The molecule has 3 rings (SSSR count). The average molecular weight is 265 g/mol. The maximum atomic E-state index is 4.33. The van der Waals surface area contributed by atoms with Gasteiger partial charge in [0, 0.05) is 13.0 Å². The second kappa shape index (κ2) is 5.84. The highest BCUT2D eigenvalue weighted by Gasteiger charge is 2.24. The van der Waals surface area contributed by atoms with E-state index in [9.17, 15) is 0 Å². The lowest BCUT2D eigenvalue weighted by atomic mass is 10.1. The van der Waals surface area contributed by atoms with Crippen LogP contribution in [0.1, 0.15) is 43.4 Å². The van der Waals surface area contributed by atoms with Gasteiger partial charge in [-0.1, -0.05) is 0 Å². The number of aromatic nitrogens is 3. The lowest BCUT2D eigenvalue weighted by molar-refractivity contribution is 0.478. The zero-order valence-corrected chi connectivity index (χ0v) is 10.8. The number of rotatable bonds is 1. The van der Waals surface area contributed by atoms with Crippen LogP contribution in [0, 0.1) is 0 Å². The van der Waals surface area contributed by atoms with E-state index < -0.39 is 0 Å². The molecule has 0 radical (unpaired) electrons. The van der Waals surface area contributed by atoms with E-state index in [1.165, 1.54) is 37.3 Å². The Morgan fingerprint density at radius 1 is 1.12 bits per heavy atom. The summed E-state index contributed by atoms with van der Waals surface area (Å²) in [5, 5.41) is 12.1. The van der Waals surface area contributed by atoms with E-state index in [0.29, 0.717) is 6.04 Å². The number of hydrogen-bond acceptors (Lipinski definition) is 3. The van der Waals surface area contributed by atoms with Gasteiger partial charge >= 0.3 is 0 Å². The van der Waals surface area contributed by atoms with Crippen LogP contribution in [-0.2, 0) is 13.0 Å². The molecule has 16 heavy (non-hydrogen) atoms. The van der Waals surface area contributed by atoms with Gasteiger partial charge in [-0.3, -0.25) is 0 Å². The zero-order chi connectivity index (χ0) is 9.38. The average Bonchev–Trinajstić information content (AvgIpc) is 2.85. The quantitative estimate of drug-likeness (QED) is 0.843. The minimum atomic E-state index is 0. The van der Waals surface area contributed by atoms with Crippen molar-refractivity contribution in [2.75, 3.05) is 6.54 Å². The van der Waals surface area contributed by atoms with Crippen molar-refractivity contribution in [3.63, 3.8) is 0 Å². The molecule has 2 aliphatic rings. The van der Waals surface area contributed by atoms with Crippen LogP contribution in [0.15, 0.2) is 0 Å². The third-order valence-electron chi connectivity index (χ3n) is 3.26. The smallest absolute Gasteiger partial charge is 0.150 e. The first-order valence-electron chi connectivity index (χ1n) is 5.60. The summed E-state index contributed by atoms with van der Waals surface area (Å²) in [5.74, 6) is 2.37. The second-order valence-corrected chi connectivity index (χ2v) is 4.23. The Kier molecular flexibility index (Phi) is 5.02. The summed E-state index contributed by atoms with van der Waals surface area (Å²) >= 11 is 0. The number of aryl methyl sites for hydroxylation is 1. The predicted octanol–water partition coefficient (Wildman–Crippen LogP) is 1.88. The first kappa shape index (κ1) is 13.7. The summed E-state index contributed by atoms with van der Waals surface area (Å²) in [7, 11) is 0. The van der Waals surface area contributed by atoms with Crippen LogP contribution in [-0.4, -0.2) is 21.3 Å².